The van der Waals surface area contributed by atoms with E-state index < -0.39 is 5.54 Å². The number of benzene rings is 1. The van der Waals surface area contributed by atoms with Crippen LogP contribution in [0.5, 0.6) is 0 Å². The van der Waals surface area contributed by atoms with Crippen LogP contribution in [0.2, 0.25) is 0 Å². The lowest BCUT2D eigenvalue weighted by Crippen LogP contribution is -2.45. The number of hydrogen-bond acceptors (Lipinski definition) is 2. The molecule has 1 N–H and O–H groups in total. The van der Waals surface area contributed by atoms with Gasteiger partial charge in [0, 0.05) is 12.3 Å². The zero-order valence-corrected chi connectivity index (χ0v) is 13.5. The molecule has 0 saturated carbocycles. The molecule has 1 atom stereocenters. The fraction of sp³-hybridized carbons (Fsp3) is 0.562. The normalized spacial score (nSPS) is 19.3. The fourth-order valence-corrected chi connectivity index (χ4v) is 3.99. The Morgan fingerprint density at radius 3 is 2.60 bits per heavy atom. The minimum absolute atomic E-state index is 0.119. The summed E-state index contributed by atoms with van der Waals surface area (Å²) in [5.74, 6) is 3.40. The summed E-state index contributed by atoms with van der Waals surface area (Å²) in [7, 11) is 0. The topological polar surface area (TPSA) is 29.1 Å². The summed E-state index contributed by atoms with van der Waals surface area (Å²) in [5, 5.41) is 3.13. The van der Waals surface area contributed by atoms with E-state index in [1.807, 2.05) is 49.0 Å². The van der Waals surface area contributed by atoms with Gasteiger partial charge in [-0.3, -0.25) is 4.79 Å². The van der Waals surface area contributed by atoms with Gasteiger partial charge in [0.05, 0.1) is 5.54 Å². The van der Waals surface area contributed by atoms with Gasteiger partial charge in [-0.05, 0) is 42.8 Å². The molecule has 1 saturated heterocycles. The van der Waals surface area contributed by atoms with Crippen molar-refractivity contribution in [2.24, 2.45) is 5.92 Å². The van der Waals surface area contributed by atoms with Crippen molar-refractivity contribution in [2.75, 3.05) is 17.4 Å². The third-order valence-electron chi connectivity index (χ3n) is 3.91. The van der Waals surface area contributed by atoms with E-state index in [1.54, 1.807) is 0 Å². The Morgan fingerprint density at radius 1 is 1.35 bits per heavy atom. The molecular formula is C16H22ClNOS. The largest absolute Gasteiger partial charge is 0.346 e. The predicted molar refractivity (Wildman–Crippen MR) is 87.3 cm³/mol. The second-order valence-corrected chi connectivity index (χ2v) is 7.13. The molecule has 1 unspecified atom stereocenters. The minimum Gasteiger partial charge on any atom is -0.346 e. The van der Waals surface area contributed by atoms with E-state index in [9.17, 15) is 4.79 Å². The van der Waals surface area contributed by atoms with E-state index in [1.165, 1.54) is 11.5 Å². The molecule has 2 nitrogen and oxygen atoms in total. The molecule has 0 aromatic heterocycles. The van der Waals surface area contributed by atoms with Crippen LogP contribution in [-0.2, 0) is 10.3 Å². The Hall–Kier alpha value is -0.670. The quantitative estimate of drug-likeness (QED) is 0.838. The van der Waals surface area contributed by atoms with Crippen LogP contribution in [0.25, 0.3) is 0 Å². The molecule has 2 rings (SSSR count). The number of nitrogens with one attached hydrogen (secondary N) is 1. The van der Waals surface area contributed by atoms with Gasteiger partial charge in [0.1, 0.15) is 0 Å². The summed E-state index contributed by atoms with van der Waals surface area (Å²) in [5.41, 5.74) is 0.575. The van der Waals surface area contributed by atoms with Gasteiger partial charge in [-0.1, -0.05) is 30.3 Å². The highest BCUT2D eigenvalue weighted by atomic mass is 35.5. The lowest BCUT2D eigenvalue weighted by atomic mass is 9.92. The number of hydrogen-bond donors (Lipinski definition) is 1. The number of carbonyl (C=O) groups is 1. The first-order valence-corrected chi connectivity index (χ1v) is 8.83. The van der Waals surface area contributed by atoms with Crippen molar-refractivity contribution in [3.8, 4) is 0 Å². The van der Waals surface area contributed by atoms with Crippen molar-refractivity contribution in [3.63, 3.8) is 0 Å². The van der Waals surface area contributed by atoms with Gasteiger partial charge in [-0.2, -0.15) is 11.8 Å². The number of rotatable bonds is 5. The van der Waals surface area contributed by atoms with E-state index in [0.717, 1.165) is 18.4 Å². The molecule has 1 aliphatic rings. The van der Waals surface area contributed by atoms with Crippen molar-refractivity contribution in [1.82, 2.24) is 5.32 Å². The van der Waals surface area contributed by atoms with Gasteiger partial charge in [-0.25, -0.2) is 0 Å². The monoisotopic (exact) mass is 311 g/mol. The first kappa shape index (κ1) is 15.7. The Morgan fingerprint density at radius 2 is 2.00 bits per heavy atom. The molecule has 1 amide bonds. The molecule has 0 spiro atoms. The van der Waals surface area contributed by atoms with Gasteiger partial charge in [-0.15, -0.1) is 11.6 Å². The summed E-state index contributed by atoms with van der Waals surface area (Å²) in [4.78, 5) is 12.3. The van der Waals surface area contributed by atoms with E-state index in [4.69, 9.17) is 11.6 Å². The number of alkyl halides is 1. The van der Waals surface area contributed by atoms with Crippen LogP contribution >= 0.6 is 23.4 Å². The molecule has 0 aliphatic carbocycles. The molecule has 1 aromatic rings. The Balaban J connectivity index is 1.96. The summed E-state index contributed by atoms with van der Waals surface area (Å²) in [6, 6.07) is 9.95. The first-order chi connectivity index (χ1) is 9.64. The molecule has 110 valence electrons. The number of thioether (sulfide) groups is 1. The van der Waals surface area contributed by atoms with Crippen LogP contribution in [0.4, 0.5) is 0 Å². The maximum Gasteiger partial charge on any atom is 0.220 e. The molecule has 20 heavy (non-hydrogen) atoms. The van der Waals surface area contributed by atoms with Crippen LogP contribution < -0.4 is 5.32 Å². The van der Waals surface area contributed by atoms with E-state index >= 15 is 0 Å². The van der Waals surface area contributed by atoms with Gasteiger partial charge in [0.25, 0.3) is 0 Å². The molecule has 1 heterocycles. The second-order valence-electron chi connectivity index (χ2n) is 5.64. The summed E-state index contributed by atoms with van der Waals surface area (Å²) in [6.07, 6.45) is 2.93. The Labute approximate surface area is 130 Å². The summed E-state index contributed by atoms with van der Waals surface area (Å²) in [6.45, 7) is 1.99. The lowest BCUT2D eigenvalue weighted by molar-refractivity contribution is -0.123. The van der Waals surface area contributed by atoms with E-state index in [-0.39, 0.29) is 5.91 Å². The number of amides is 1. The molecular weight excluding hydrogens is 290 g/mol. The smallest absolute Gasteiger partial charge is 0.220 e. The van der Waals surface area contributed by atoms with Gasteiger partial charge < -0.3 is 5.32 Å². The predicted octanol–water partition coefficient (Wildman–Crippen LogP) is 3.79. The van der Waals surface area contributed by atoms with Crippen molar-refractivity contribution in [3.05, 3.63) is 35.9 Å². The SMILES string of the molecule is CC(CCl)(NC(=O)CC1CCSCC1)c1ccccc1. The lowest BCUT2D eigenvalue weighted by Gasteiger charge is -2.30. The third-order valence-corrected chi connectivity index (χ3v) is 5.49. The maximum absolute atomic E-state index is 12.3. The molecule has 4 heteroatoms. The average molecular weight is 312 g/mol. The molecule has 0 bridgehead atoms. The van der Waals surface area contributed by atoms with Crippen LogP contribution in [0, 0.1) is 5.92 Å². The van der Waals surface area contributed by atoms with Gasteiger partial charge in [0.2, 0.25) is 5.91 Å². The van der Waals surface area contributed by atoms with Crippen LogP contribution in [0.1, 0.15) is 31.7 Å². The zero-order valence-electron chi connectivity index (χ0n) is 11.9. The highest BCUT2D eigenvalue weighted by molar-refractivity contribution is 7.99. The third kappa shape index (κ3) is 4.16. The Kier molecular flexibility index (Phi) is 5.79. The average Bonchev–Trinajstić information content (AvgIpc) is 2.49. The van der Waals surface area contributed by atoms with Gasteiger partial charge in [0.15, 0.2) is 0 Å². The second kappa shape index (κ2) is 7.37. The highest BCUT2D eigenvalue weighted by Crippen LogP contribution is 2.27. The van der Waals surface area contributed by atoms with Crippen molar-refractivity contribution >= 4 is 29.3 Å². The van der Waals surface area contributed by atoms with Crippen molar-refractivity contribution < 1.29 is 4.79 Å². The zero-order chi connectivity index (χ0) is 14.4. The minimum atomic E-state index is -0.483. The highest BCUT2D eigenvalue weighted by Gasteiger charge is 2.28. The Bertz CT molecular complexity index is 433. The molecule has 1 aliphatic heterocycles. The molecule has 0 radical (unpaired) electrons. The molecule has 1 aromatic carbocycles. The van der Waals surface area contributed by atoms with Crippen molar-refractivity contribution in [1.29, 1.82) is 0 Å². The standard InChI is InChI=1S/C16H22ClNOS/c1-16(12-17,14-5-3-2-4-6-14)18-15(19)11-13-7-9-20-10-8-13/h2-6,13H,7-12H2,1H3,(H,18,19). The van der Waals surface area contributed by atoms with Gasteiger partial charge >= 0.3 is 0 Å². The first-order valence-electron chi connectivity index (χ1n) is 7.14. The maximum atomic E-state index is 12.3. The van der Waals surface area contributed by atoms with Crippen LogP contribution in [-0.4, -0.2) is 23.3 Å². The summed E-state index contributed by atoms with van der Waals surface area (Å²) < 4.78 is 0. The number of carbonyl (C=O) groups excluding carboxylic acids is 1. The molecule has 1 fully saturated rings. The van der Waals surface area contributed by atoms with E-state index in [2.05, 4.69) is 5.32 Å². The van der Waals surface area contributed by atoms with E-state index in [0.29, 0.717) is 18.2 Å². The number of halogens is 1. The summed E-state index contributed by atoms with van der Waals surface area (Å²) >= 11 is 8.10. The van der Waals surface area contributed by atoms with Crippen LogP contribution in [0.15, 0.2) is 30.3 Å². The van der Waals surface area contributed by atoms with Crippen LogP contribution in [0.3, 0.4) is 0 Å². The fourth-order valence-electron chi connectivity index (χ4n) is 2.56. The van der Waals surface area contributed by atoms with Crippen molar-refractivity contribution in [2.45, 2.75) is 31.7 Å².